The van der Waals surface area contributed by atoms with E-state index in [4.69, 9.17) is 5.73 Å². The Labute approximate surface area is 110 Å². The van der Waals surface area contributed by atoms with Gasteiger partial charge in [0.1, 0.15) is 0 Å². The molecule has 2 rings (SSSR count). The molecule has 1 aromatic heterocycles. The Morgan fingerprint density at radius 1 is 1.33 bits per heavy atom. The number of aryl methyl sites for hydroxylation is 1. The van der Waals surface area contributed by atoms with E-state index in [0.717, 1.165) is 15.4 Å². The number of anilines is 1. The number of halogens is 4. The second kappa shape index (κ2) is 4.31. The third kappa shape index (κ3) is 2.22. The molecule has 7 heteroatoms. The van der Waals surface area contributed by atoms with Crippen LogP contribution in [-0.2, 0) is 6.18 Å². The van der Waals surface area contributed by atoms with Gasteiger partial charge in [0.25, 0.3) is 0 Å². The first-order valence-electron chi connectivity index (χ1n) is 4.98. The third-order valence-electron chi connectivity index (χ3n) is 2.45. The summed E-state index contributed by atoms with van der Waals surface area (Å²) >= 11 is 3.26. The largest absolute Gasteiger partial charge is 0.435 e. The van der Waals surface area contributed by atoms with Crippen LogP contribution in [0.4, 0.5) is 18.9 Å². The van der Waals surface area contributed by atoms with Gasteiger partial charge in [0.05, 0.1) is 17.6 Å². The minimum Gasteiger partial charge on any atom is -0.396 e. The summed E-state index contributed by atoms with van der Waals surface area (Å²) in [6.07, 6.45) is -3.54. The van der Waals surface area contributed by atoms with E-state index in [-0.39, 0.29) is 5.69 Å². The van der Waals surface area contributed by atoms with Crippen molar-refractivity contribution < 1.29 is 13.2 Å². The molecular weight excluding hydrogens is 311 g/mol. The first-order chi connectivity index (χ1) is 8.30. The molecule has 0 saturated heterocycles. The number of hydrogen-bond acceptors (Lipinski definition) is 2. The van der Waals surface area contributed by atoms with Gasteiger partial charge in [-0.05, 0) is 30.7 Å². The van der Waals surface area contributed by atoms with E-state index < -0.39 is 11.9 Å². The number of nitrogen functional groups attached to an aromatic ring is 1. The molecule has 0 radical (unpaired) electrons. The van der Waals surface area contributed by atoms with E-state index in [1.54, 1.807) is 25.1 Å². The third-order valence-corrected chi connectivity index (χ3v) is 2.95. The van der Waals surface area contributed by atoms with E-state index >= 15 is 0 Å². The molecule has 0 atom stereocenters. The first kappa shape index (κ1) is 12.9. The van der Waals surface area contributed by atoms with Crippen LogP contribution in [0.1, 0.15) is 11.3 Å². The summed E-state index contributed by atoms with van der Waals surface area (Å²) in [6.45, 7) is 1.71. The van der Waals surface area contributed by atoms with Crippen LogP contribution in [0.15, 0.2) is 28.9 Å². The average molecular weight is 320 g/mol. The summed E-state index contributed by atoms with van der Waals surface area (Å²) < 4.78 is 40.3. The van der Waals surface area contributed by atoms with E-state index in [2.05, 4.69) is 21.0 Å². The normalized spacial score (nSPS) is 11.8. The lowest BCUT2D eigenvalue weighted by atomic mass is 10.2. The van der Waals surface area contributed by atoms with Gasteiger partial charge in [0.2, 0.25) is 0 Å². The average Bonchev–Trinajstić information content (AvgIpc) is 2.59. The van der Waals surface area contributed by atoms with Crippen LogP contribution < -0.4 is 5.73 Å². The second-order valence-corrected chi connectivity index (χ2v) is 4.70. The summed E-state index contributed by atoms with van der Waals surface area (Å²) in [7, 11) is 0. The lowest BCUT2D eigenvalue weighted by Crippen LogP contribution is -2.15. The van der Waals surface area contributed by atoms with Crippen LogP contribution in [0, 0.1) is 6.92 Å². The van der Waals surface area contributed by atoms with Gasteiger partial charge in [-0.2, -0.15) is 18.3 Å². The molecule has 0 bridgehead atoms. The van der Waals surface area contributed by atoms with Crippen molar-refractivity contribution in [3.63, 3.8) is 0 Å². The zero-order valence-corrected chi connectivity index (χ0v) is 10.9. The molecule has 2 aromatic rings. The number of hydrogen-bond donors (Lipinski definition) is 1. The molecular formula is C11H9BrF3N3. The Kier molecular flexibility index (Phi) is 3.10. The van der Waals surface area contributed by atoms with Crippen LogP contribution in [0.25, 0.3) is 5.69 Å². The van der Waals surface area contributed by atoms with Gasteiger partial charge in [-0.1, -0.05) is 15.9 Å². The Morgan fingerprint density at radius 3 is 2.56 bits per heavy atom. The highest BCUT2D eigenvalue weighted by molar-refractivity contribution is 9.10. The SMILES string of the molecule is Cc1cc(Br)ccc1-n1ncc(N)c1C(F)(F)F. The molecule has 0 unspecified atom stereocenters. The molecule has 1 heterocycles. The van der Waals surface area contributed by atoms with Crippen molar-refractivity contribution >= 4 is 21.6 Å². The van der Waals surface area contributed by atoms with Gasteiger partial charge in [-0.15, -0.1) is 0 Å². The molecule has 0 amide bonds. The minimum atomic E-state index is -4.54. The van der Waals surface area contributed by atoms with Gasteiger partial charge in [0.15, 0.2) is 5.69 Å². The van der Waals surface area contributed by atoms with Gasteiger partial charge in [0, 0.05) is 4.47 Å². The molecule has 3 nitrogen and oxygen atoms in total. The van der Waals surface area contributed by atoms with Gasteiger partial charge in [-0.25, -0.2) is 4.68 Å². The molecule has 0 saturated carbocycles. The topological polar surface area (TPSA) is 43.8 Å². The quantitative estimate of drug-likeness (QED) is 0.873. The fourth-order valence-electron chi connectivity index (χ4n) is 1.68. The van der Waals surface area contributed by atoms with Crippen LogP contribution in [-0.4, -0.2) is 9.78 Å². The Balaban J connectivity index is 2.65. The summed E-state index contributed by atoms with van der Waals surface area (Å²) in [6, 6.07) is 4.93. The van der Waals surface area contributed by atoms with Gasteiger partial charge >= 0.3 is 6.18 Å². The maximum Gasteiger partial charge on any atom is 0.435 e. The van der Waals surface area contributed by atoms with Crippen molar-refractivity contribution in [2.45, 2.75) is 13.1 Å². The molecule has 1 aromatic carbocycles. The van der Waals surface area contributed by atoms with Crippen molar-refractivity contribution in [3.05, 3.63) is 40.1 Å². The highest BCUT2D eigenvalue weighted by Gasteiger charge is 2.38. The zero-order chi connectivity index (χ0) is 13.5. The lowest BCUT2D eigenvalue weighted by molar-refractivity contribution is -0.142. The number of benzene rings is 1. The highest BCUT2D eigenvalue weighted by atomic mass is 79.9. The van der Waals surface area contributed by atoms with Crippen molar-refractivity contribution in [2.24, 2.45) is 0 Å². The Hall–Kier alpha value is -1.50. The second-order valence-electron chi connectivity index (χ2n) is 3.79. The monoisotopic (exact) mass is 319 g/mol. The number of rotatable bonds is 1. The summed E-state index contributed by atoms with van der Waals surface area (Å²) in [5, 5.41) is 3.70. The predicted octanol–water partition coefficient (Wildman–Crippen LogP) is 3.54. The molecule has 2 N–H and O–H groups in total. The summed E-state index contributed by atoms with van der Waals surface area (Å²) in [4.78, 5) is 0. The van der Waals surface area contributed by atoms with Crippen molar-refractivity contribution in [1.82, 2.24) is 9.78 Å². The summed E-state index contributed by atoms with van der Waals surface area (Å²) in [5.41, 5.74) is 5.01. The van der Waals surface area contributed by atoms with E-state index in [9.17, 15) is 13.2 Å². The zero-order valence-electron chi connectivity index (χ0n) is 9.29. The van der Waals surface area contributed by atoms with Crippen molar-refractivity contribution in [3.8, 4) is 5.69 Å². The minimum absolute atomic E-state index is 0.349. The van der Waals surface area contributed by atoms with Crippen molar-refractivity contribution in [1.29, 1.82) is 0 Å². The number of aromatic nitrogens is 2. The molecule has 0 fully saturated rings. The summed E-state index contributed by atoms with van der Waals surface area (Å²) in [5.74, 6) is 0. The molecule has 0 aliphatic heterocycles. The molecule has 0 spiro atoms. The van der Waals surface area contributed by atoms with Crippen LogP contribution in [0.5, 0.6) is 0 Å². The standard InChI is InChI=1S/C11H9BrF3N3/c1-6-4-7(12)2-3-9(6)18-10(11(13,14)15)8(16)5-17-18/h2-5H,16H2,1H3. The predicted molar refractivity (Wildman–Crippen MR) is 65.4 cm³/mol. The molecule has 0 aliphatic rings. The fourth-order valence-corrected chi connectivity index (χ4v) is 2.16. The number of alkyl halides is 3. The van der Waals surface area contributed by atoms with Crippen molar-refractivity contribution in [2.75, 3.05) is 5.73 Å². The fraction of sp³-hybridized carbons (Fsp3) is 0.182. The van der Waals surface area contributed by atoms with E-state index in [1.165, 1.54) is 0 Å². The maximum atomic E-state index is 12.9. The lowest BCUT2D eigenvalue weighted by Gasteiger charge is -2.13. The van der Waals surface area contributed by atoms with Gasteiger partial charge in [-0.3, -0.25) is 0 Å². The highest BCUT2D eigenvalue weighted by Crippen LogP contribution is 2.35. The van der Waals surface area contributed by atoms with Gasteiger partial charge < -0.3 is 5.73 Å². The van der Waals surface area contributed by atoms with Crippen LogP contribution in [0.2, 0.25) is 0 Å². The number of nitrogens with two attached hydrogens (primary N) is 1. The molecule has 0 aliphatic carbocycles. The van der Waals surface area contributed by atoms with E-state index in [1.807, 2.05) is 0 Å². The van der Waals surface area contributed by atoms with Crippen LogP contribution >= 0.6 is 15.9 Å². The smallest absolute Gasteiger partial charge is 0.396 e. The van der Waals surface area contributed by atoms with Crippen LogP contribution in [0.3, 0.4) is 0 Å². The van der Waals surface area contributed by atoms with E-state index in [0.29, 0.717) is 11.3 Å². The molecule has 96 valence electrons. The maximum absolute atomic E-state index is 12.9. The molecule has 18 heavy (non-hydrogen) atoms. The Bertz CT molecular complexity index is 590. The number of nitrogens with zero attached hydrogens (tertiary/aromatic N) is 2. The Morgan fingerprint density at radius 2 is 2.00 bits per heavy atom. The first-order valence-corrected chi connectivity index (χ1v) is 5.77.